The van der Waals surface area contributed by atoms with E-state index < -0.39 is 0 Å². The molecule has 0 bridgehead atoms. The highest BCUT2D eigenvalue weighted by Gasteiger charge is 2.27. The molecule has 1 amide bonds. The van der Waals surface area contributed by atoms with E-state index in [1.165, 1.54) is 0 Å². The number of H-pyrrole nitrogens is 2. The van der Waals surface area contributed by atoms with E-state index in [0.29, 0.717) is 24.4 Å². The van der Waals surface area contributed by atoms with Crippen molar-refractivity contribution in [2.75, 3.05) is 13.1 Å². The summed E-state index contributed by atoms with van der Waals surface area (Å²) in [5, 5.41) is 7.60. The summed E-state index contributed by atoms with van der Waals surface area (Å²) in [6.45, 7) is 5.22. The van der Waals surface area contributed by atoms with Crippen molar-refractivity contribution in [3.05, 3.63) is 63.2 Å². The molecule has 1 fully saturated rings. The quantitative estimate of drug-likeness (QED) is 0.745. The number of aromatic nitrogens is 3. The SMILES string of the molecule is Cc1cc(C)c2[nH]cc(C(=O)N3CCC(c4ccn[nH]4)CC3)c(=O)c2c1. The van der Waals surface area contributed by atoms with Gasteiger partial charge >= 0.3 is 0 Å². The molecule has 0 unspecified atom stereocenters. The number of nitrogens with one attached hydrogen (secondary N) is 2. The average Bonchev–Trinajstić information content (AvgIpc) is 3.17. The molecule has 0 saturated carbocycles. The molecule has 1 aromatic carbocycles. The number of piperidine rings is 1. The molecule has 3 heterocycles. The van der Waals surface area contributed by atoms with E-state index in [9.17, 15) is 9.59 Å². The molecular weight excluding hydrogens is 328 g/mol. The number of amides is 1. The summed E-state index contributed by atoms with van der Waals surface area (Å²) < 4.78 is 0. The monoisotopic (exact) mass is 350 g/mol. The molecule has 0 aliphatic carbocycles. The lowest BCUT2D eigenvalue weighted by molar-refractivity contribution is 0.0710. The fourth-order valence-electron chi connectivity index (χ4n) is 3.91. The maximum absolute atomic E-state index is 12.9. The number of rotatable bonds is 2. The van der Waals surface area contributed by atoms with Gasteiger partial charge in [-0.2, -0.15) is 5.10 Å². The lowest BCUT2D eigenvalue weighted by Crippen LogP contribution is -2.40. The van der Waals surface area contributed by atoms with Gasteiger partial charge in [0.2, 0.25) is 5.43 Å². The number of likely N-dealkylation sites (tertiary alicyclic amines) is 1. The second-order valence-electron chi connectivity index (χ2n) is 7.11. The first-order valence-corrected chi connectivity index (χ1v) is 8.96. The number of carbonyl (C=O) groups excluding carboxylic acids is 1. The molecule has 26 heavy (non-hydrogen) atoms. The molecule has 2 N–H and O–H groups in total. The Morgan fingerprint density at radius 2 is 2.00 bits per heavy atom. The van der Waals surface area contributed by atoms with Gasteiger partial charge in [-0.15, -0.1) is 0 Å². The number of hydrogen-bond acceptors (Lipinski definition) is 3. The first-order chi connectivity index (χ1) is 12.5. The van der Waals surface area contributed by atoms with Crippen LogP contribution in [0.5, 0.6) is 0 Å². The van der Waals surface area contributed by atoms with Crippen LogP contribution in [0.25, 0.3) is 10.9 Å². The lowest BCUT2D eigenvalue weighted by Gasteiger charge is -2.31. The molecule has 1 aliphatic rings. The van der Waals surface area contributed by atoms with Gasteiger partial charge in [0.25, 0.3) is 5.91 Å². The van der Waals surface area contributed by atoms with Gasteiger partial charge in [-0.25, -0.2) is 0 Å². The Labute approximate surface area is 151 Å². The number of carbonyl (C=O) groups is 1. The fourth-order valence-corrected chi connectivity index (χ4v) is 3.91. The van der Waals surface area contributed by atoms with E-state index in [2.05, 4.69) is 15.2 Å². The standard InChI is InChI=1S/C20H22N4O2/c1-12-9-13(2)18-15(10-12)19(25)16(11-21-18)20(26)24-7-4-14(5-8-24)17-3-6-22-23-17/h3,6,9-11,14H,4-5,7-8H2,1-2H3,(H,21,25)(H,22,23). The van der Waals surface area contributed by atoms with Gasteiger partial charge in [-0.1, -0.05) is 6.07 Å². The van der Waals surface area contributed by atoms with Gasteiger partial charge in [0.05, 0.1) is 5.52 Å². The molecule has 2 aromatic heterocycles. The zero-order valence-corrected chi connectivity index (χ0v) is 15.0. The van der Waals surface area contributed by atoms with Crippen molar-refractivity contribution in [1.82, 2.24) is 20.1 Å². The first kappa shape index (κ1) is 16.6. The second kappa shape index (κ2) is 6.44. The number of hydrogen-bond donors (Lipinski definition) is 2. The average molecular weight is 350 g/mol. The highest BCUT2D eigenvalue weighted by molar-refractivity contribution is 5.97. The summed E-state index contributed by atoms with van der Waals surface area (Å²) in [7, 11) is 0. The van der Waals surface area contributed by atoms with E-state index in [0.717, 1.165) is 35.2 Å². The second-order valence-corrected chi connectivity index (χ2v) is 7.11. The molecule has 1 saturated heterocycles. The minimum atomic E-state index is -0.189. The maximum atomic E-state index is 12.9. The Hall–Kier alpha value is -2.89. The van der Waals surface area contributed by atoms with Gasteiger partial charge in [-0.3, -0.25) is 14.7 Å². The Bertz CT molecular complexity index is 1010. The van der Waals surface area contributed by atoms with Crippen LogP contribution >= 0.6 is 0 Å². The van der Waals surface area contributed by atoms with Crippen LogP contribution in [0.15, 0.2) is 35.4 Å². The number of pyridine rings is 1. The molecule has 6 heteroatoms. The van der Waals surface area contributed by atoms with E-state index in [1.807, 2.05) is 32.0 Å². The fraction of sp³-hybridized carbons (Fsp3) is 0.350. The predicted octanol–water partition coefficient (Wildman–Crippen LogP) is 2.89. The Morgan fingerprint density at radius 1 is 1.23 bits per heavy atom. The third-order valence-corrected chi connectivity index (χ3v) is 5.30. The normalized spacial score (nSPS) is 15.5. The van der Waals surface area contributed by atoms with Crippen LogP contribution in [0.4, 0.5) is 0 Å². The van der Waals surface area contributed by atoms with Crippen LogP contribution in [0.1, 0.15) is 45.9 Å². The van der Waals surface area contributed by atoms with E-state index in [-0.39, 0.29) is 16.9 Å². The highest BCUT2D eigenvalue weighted by Crippen LogP contribution is 2.27. The molecule has 0 spiro atoms. The number of fused-ring (bicyclic) bond motifs is 1. The number of nitrogens with zero attached hydrogens (tertiary/aromatic N) is 2. The zero-order chi connectivity index (χ0) is 18.3. The van der Waals surface area contributed by atoms with Crippen LogP contribution in [-0.4, -0.2) is 39.1 Å². The van der Waals surface area contributed by atoms with E-state index in [4.69, 9.17) is 0 Å². The van der Waals surface area contributed by atoms with Gasteiger partial charge < -0.3 is 9.88 Å². The highest BCUT2D eigenvalue weighted by atomic mass is 16.2. The van der Waals surface area contributed by atoms with Gasteiger partial charge in [-0.05, 0) is 49.9 Å². The number of aryl methyl sites for hydroxylation is 2. The van der Waals surface area contributed by atoms with Crippen molar-refractivity contribution in [2.24, 2.45) is 0 Å². The third-order valence-electron chi connectivity index (χ3n) is 5.30. The van der Waals surface area contributed by atoms with Gasteiger partial charge in [0.15, 0.2) is 0 Å². The van der Waals surface area contributed by atoms with Crippen molar-refractivity contribution >= 4 is 16.8 Å². The molecule has 0 atom stereocenters. The summed E-state index contributed by atoms with van der Waals surface area (Å²) in [4.78, 5) is 30.7. The van der Waals surface area contributed by atoms with Crippen LogP contribution in [-0.2, 0) is 0 Å². The smallest absolute Gasteiger partial charge is 0.259 e. The van der Waals surface area contributed by atoms with Gasteiger partial charge in [0, 0.05) is 42.5 Å². The topological polar surface area (TPSA) is 81.8 Å². The third kappa shape index (κ3) is 2.81. The molecule has 3 aromatic rings. The zero-order valence-electron chi connectivity index (χ0n) is 15.0. The number of aromatic amines is 2. The van der Waals surface area contributed by atoms with E-state index in [1.54, 1.807) is 17.3 Å². The van der Waals surface area contributed by atoms with Crippen LogP contribution in [0.3, 0.4) is 0 Å². The largest absolute Gasteiger partial charge is 0.360 e. The molecule has 1 aliphatic heterocycles. The first-order valence-electron chi connectivity index (χ1n) is 8.96. The Morgan fingerprint density at radius 3 is 2.69 bits per heavy atom. The van der Waals surface area contributed by atoms with Crippen molar-refractivity contribution < 1.29 is 4.79 Å². The molecule has 4 rings (SSSR count). The lowest BCUT2D eigenvalue weighted by atomic mass is 9.93. The molecular formula is C20H22N4O2. The predicted molar refractivity (Wildman–Crippen MR) is 101 cm³/mol. The number of benzene rings is 1. The van der Waals surface area contributed by atoms with Crippen molar-refractivity contribution in [1.29, 1.82) is 0 Å². The Kier molecular flexibility index (Phi) is 4.11. The molecule has 0 radical (unpaired) electrons. The summed E-state index contributed by atoms with van der Waals surface area (Å²) >= 11 is 0. The summed E-state index contributed by atoms with van der Waals surface area (Å²) in [6.07, 6.45) is 5.07. The van der Waals surface area contributed by atoms with Crippen LogP contribution < -0.4 is 5.43 Å². The van der Waals surface area contributed by atoms with Crippen LogP contribution in [0, 0.1) is 13.8 Å². The van der Waals surface area contributed by atoms with Crippen molar-refractivity contribution in [3.8, 4) is 0 Å². The molecule has 6 nitrogen and oxygen atoms in total. The van der Waals surface area contributed by atoms with Crippen molar-refractivity contribution in [2.45, 2.75) is 32.6 Å². The van der Waals surface area contributed by atoms with Crippen molar-refractivity contribution in [3.63, 3.8) is 0 Å². The Balaban J connectivity index is 1.59. The summed E-state index contributed by atoms with van der Waals surface area (Å²) in [6, 6.07) is 5.86. The minimum Gasteiger partial charge on any atom is -0.360 e. The summed E-state index contributed by atoms with van der Waals surface area (Å²) in [5.41, 5.74) is 3.98. The molecule has 134 valence electrons. The van der Waals surface area contributed by atoms with Crippen LogP contribution in [0.2, 0.25) is 0 Å². The van der Waals surface area contributed by atoms with Gasteiger partial charge in [0.1, 0.15) is 5.56 Å². The minimum absolute atomic E-state index is 0.185. The van der Waals surface area contributed by atoms with E-state index >= 15 is 0 Å². The maximum Gasteiger partial charge on any atom is 0.259 e. The summed E-state index contributed by atoms with van der Waals surface area (Å²) in [5.74, 6) is 0.206.